The van der Waals surface area contributed by atoms with E-state index in [2.05, 4.69) is 15.6 Å². The van der Waals surface area contributed by atoms with Gasteiger partial charge in [-0.2, -0.15) is 0 Å². The Morgan fingerprint density at radius 2 is 1.79 bits per heavy atom. The molecule has 2 N–H and O–H groups in total. The normalized spacial score (nSPS) is 18.4. The van der Waals surface area contributed by atoms with Crippen LogP contribution in [0.4, 0.5) is 0 Å². The number of carbonyl (C=O) groups excluding carboxylic acids is 4. The Kier molecular flexibility index (Phi) is 11.3. The first-order chi connectivity index (χ1) is 20.6. The third kappa shape index (κ3) is 8.87. The van der Waals surface area contributed by atoms with Crippen molar-refractivity contribution >= 4 is 35.5 Å². The minimum atomic E-state index is -0.705. The van der Waals surface area contributed by atoms with E-state index in [0.717, 1.165) is 79.7 Å². The maximum Gasteiger partial charge on any atom is 0.246 e. The Bertz CT molecular complexity index is 1250. The molecule has 4 rings (SSSR count). The van der Waals surface area contributed by atoms with Crippen LogP contribution in [0, 0.1) is 18.3 Å². The van der Waals surface area contributed by atoms with Gasteiger partial charge in [0.1, 0.15) is 12.1 Å². The zero-order valence-corrected chi connectivity index (χ0v) is 26.9. The van der Waals surface area contributed by atoms with Gasteiger partial charge in [0.15, 0.2) is 0 Å². The molecule has 1 aromatic carbocycles. The van der Waals surface area contributed by atoms with Gasteiger partial charge in [-0.3, -0.25) is 19.2 Å². The summed E-state index contributed by atoms with van der Waals surface area (Å²) in [5, 5.41) is 6.04. The number of carbonyl (C=O) groups is 4. The Hall–Kier alpha value is -3.27. The fraction of sp³-hybridized carbons (Fsp3) is 0.606. The SMILES string of the molecule is Cc1ncsc1-c1ccc(CNC(=O)C2CCCN2C(=O)C(NC(=O)CCCCC2CCN(C=O)CC2)C(C)(C)C)cc1. The zero-order valence-electron chi connectivity index (χ0n) is 26.1. The van der Waals surface area contributed by atoms with Crippen LogP contribution in [0.15, 0.2) is 29.8 Å². The van der Waals surface area contributed by atoms with Gasteiger partial charge in [0.2, 0.25) is 24.1 Å². The molecule has 0 radical (unpaired) electrons. The molecular formula is C33H47N5O4S. The first-order valence-electron chi connectivity index (χ1n) is 15.6. The second kappa shape index (κ2) is 14.9. The van der Waals surface area contributed by atoms with Crippen molar-refractivity contribution < 1.29 is 19.2 Å². The highest BCUT2D eigenvalue weighted by Crippen LogP contribution is 2.28. The Morgan fingerprint density at radius 1 is 1.07 bits per heavy atom. The number of hydrogen-bond acceptors (Lipinski definition) is 6. The molecule has 2 aromatic rings. The molecule has 9 nitrogen and oxygen atoms in total. The first-order valence-corrected chi connectivity index (χ1v) is 16.5. The van der Waals surface area contributed by atoms with Crippen LogP contribution in [-0.4, -0.2) is 70.6 Å². The van der Waals surface area contributed by atoms with E-state index < -0.39 is 17.5 Å². The lowest BCUT2D eigenvalue weighted by Gasteiger charge is -2.35. The topological polar surface area (TPSA) is 112 Å². The molecule has 0 aliphatic carbocycles. The van der Waals surface area contributed by atoms with Gasteiger partial charge >= 0.3 is 0 Å². The monoisotopic (exact) mass is 609 g/mol. The van der Waals surface area contributed by atoms with Crippen molar-refractivity contribution in [2.24, 2.45) is 11.3 Å². The van der Waals surface area contributed by atoms with Crippen LogP contribution in [-0.2, 0) is 25.7 Å². The van der Waals surface area contributed by atoms with E-state index in [0.29, 0.717) is 31.8 Å². The first kappa shape index (κ1) is 32.6. The molecule has 43 heavy (non-hydrogen) atoms. The van der Waals surface area contributed by atoms with E-state index in [1.54, 1.807) is 16.2 Å². The number of likely N-dealkylation sites (tertiary alicyclic amines) is 2. The predicted molar refractivity (Wildman–Crippen MR) is 169 cm³/mol. The Balaban J connectivity index is 1.26. The smallest absolute Gasteiger partial charge is 0.246 e. The lowest BCUT2D eigenvalue weighted by molar-refractivity contribution is -0.143. The van der Waals surface area contributed by atoms with Gasteiger partial charge in [-0.05, 0) is 61.5 Å². The summed E-state index contributed by atoms with van der Waals surface area (Å²) in [5.41, 5.74) is 4.44. The van der Waals surface area contributed by atoms with Crippen molar-refractivity contribution in [2.75, 3.05) is 19.6 Å². The van der Waals surface area contributed by atoms with Gasteiger partial charge in [-0.1, -0.05) is 57.9 Å². The van der Waals surface area contributed by atoms with Crippen LogP contribution >= 0.6 is 11.3 Å². The van der Waals surface area contributed by atoms with Crippen LogP contribution in [0.3, 0.4) is 0 Å². The van der Waals surface area contributed by atoms with Crippen molar-refractivity contribution in [2.45, 2.75) is 97.7 Å². The largest absolute Gasteiger partial charge is 0.350 e. The van der Waals surface area contributed by atoms with E-state index in [-0.39, 0.29) is 17.7 Å². The van der Waals surface area contributed by atoms with Gasteiger partial charge in [0, 0.05) is 32.6 Å². The van der Waals surface area contributed by atoms with E-state index in [4.69, 9.17) is 0 Å². The molecule has 0 spiro atoms. The Labute approximate surface area is 259 Å². The van der Waals surface area contributed by atoms with Crippen molar-refractivity contribution in [1.82, 2.24) is 25.4 Å². The van der Waals surface area contributed by atoms with E-state index in [1.807, 2.05) is 62.4 Å². The molecular weight excluding hydrogens is 562 g/mol. The van der Waals surface area contributed by atoms with Crippen molar-refractivity contribution in [3.63, 3.8) is 0 Å². The van der Waals surface area contributed by atoms with E-state index >= 15 is 0 Å². The molecule has 2 saturated heterocycles. The van der Waals surface area contributed by atoms with Crippen LogP contribution in [0.25, 0.3) is 10.4 Å². The molecule has 2 aliphatic heterocycles. The second-order valence-electron chi connectivity index (χ2n) is 13.1. The van der Waals surface area contributed by atoms with Gasteiger partial charge in [0.05, 0.1) is 16.1 Å². The second-order valence-corrected chi connectivity index (χ2v) is 13.9. The van der Waals surface area contributed by atoms with Gasteiger partial charge in [-0.15, -0.1) is 11.3 Å². The number of piperidine rings is 1. The van der Waals surface area contributed by atoms with Gasteiger partial charge in [-0.25, -0.2) is 4.98 Å². The molecule has 234 valence electrons. The molecule has 2 unspecified atom stereocenters. The number of aryl methyl sites for hydroxylation is 1. The summed E-state index contributed by atoms with van der Waals surface area (Å²) in [6, 6.07) is 6.86. The van der Waals surface area contributed by atoms with E-state index in [9.17, 15) is 19.2 Å². The van der Waals surface area contributed by atoms with E-state index in [1.165, 1.54) is 0 Å². The highest BCUT2D eigenvalue weighted by Gasteiger charge is 2.41. The Morgan fingerprint density at radius 3 is 2.42 bits per heavy atom. The summed E-state index contributed by atoms with van der Waals surface area (Å²) in [4.78, 5) is 59.8. The number of rotatable bonds is 12. The van der Waals surface area contributed by atoms with Crippen LogP contribution in [0.2, 0.25) is 0 Å². The minimum absolute atomic E-state index is 0.124. The summed E-state index contributed by atoms with van der Waals surface area (Å²) in [5.74, 6) is 0.131. The highest BCUT2D eigenvalue weighted by molar-refractivity contribution is 7.13. The average molecular weight is 610 g/mol. The third-order valence-electron chi connectivity index (χ3n) is 8.75. The number of amides is 4. The lowest BCUT2D eigenvalue weighted by atomic mass is 9.85. The third-order valence-corrected chi connectivity index (χ3v) is 9.73. The number of nitrogens with zero attached hydrogens (tertiary/aromatic N) is 3. The summed E-state index contributed by atoms with van der Waals surface area (Å²) in [7, 11) is 0. The summed E-state index contributed by atoms with van der Waals surface area (Å²) < 4.78 is 0. The predicted octanol–water partition coefficient (Wildman–Crippen LogP) is 4.69. The maximum absolute atomic E-state index is 13.8. The summed E-state index contributed by atoms with van der Waals surface area (Å²) >= 11 is 1.61. The quantitative estimate of drug-likeness (QED) is 0.268. The van der Waals surface area contributed by atoms with Crippen molar-refractivity contribution in [3.05, 3.63) is 41.0 Å². The molecule has 2 fully saturated rings. The number of nitrogens with one attached hydrogen (secondary N) is 2. The molecule has 1 aromatic heterocycles. The van der Waals surface area contributed by atoms with Gasteiger partial charge < -0.3 is 20.4 Å². The number of aromatic nitrogens is 1. The fourth-order valence-electron chi connectivity index (χ4n) is 6.08. The average Bonchev–Trinajstić information content (AvgIpc) is 3.66. The lowest BCUT2D eigenvalue weighted by Crippen LogP contribution is -2.57. The van der Waals surface area contributed by atoms with Crippen molar-refractivity contribution in [1.29, 1.82) is 0 Å². The van der Waals surface area contributed by atoms with Crippen LogP contribution < -0.4 is 10.6 Å². The standard InChI is InChI=1S/C33H47N5O4S/c1-23-29(43-21-35-23)26-13-11-25(12-14-26)20-34-31(41)27-9-7-17-38(27)32(42)30(33(2,3)4)36-28(40)10-6-5-8-24-15-18-37(22-39)19-16-24/h11-14,21-22,24,27,30H,5-10,15-20H2,1-4H3,(H,34,41)(H,36,40). The minimum Gasteiger partial charge on any atom is -0.350 e. The molecule has 0 saturated carbocycles. The number of thiazole rings is 1. The molecule has 10 heteroatoms. The number of benzene rings is 1. The molecule has 3 heterocycles. The summed E-state index contributed by atoms with van der Waals surface area (Å²) in [6.07, 6.45) is 7.49. The van der Waals surface area contributed by atoms with Crippen molar-refractivity contribution in [3.8, 4) is 10.4 Å². The molecule has 4 amide bonds. The molecule has 0 bridgehead atoms. The summed E-state index contributed by atoms with van der Waals surface area (Å²) in [6.45, 7) is 10.4. The molecule has 2 aliphatic rings. The molecule has 2 atom stereocenters. The van der Waals surface area contributed by atoms with Crippen LogP contribution in [0.1, 0.15) is 83.4 Å². The number of unbranched alkanes of at least 4 members (excludes halogenated alkanes) is 1. The number of hydrogen-bond donors (Lipinski definition) is 2. The highest BCUT2D eigenvalue weighted by atomic mass is 32.1. The zero-order chi connectivity index (χ0) is 31.0. The maximum atomic E-state index is 13.8. The van der Waals surface area contributed by atoms with Gasteiger partial charge in [0.25, 0.3) is 0 Å². The fourth-order valence-corrected chi connectivity index (χ4v) is 6.89. The van der Waals surface area contributed by atoms with Crippen LogP contribution in [0.5, 0.6) is 0 Å².